The van der Waals surface area contributed by atoms with Crippen molar-refractivity contribution in [1.29, 1.82) is 0 Å². The Bertz CT molecular complexity index is 510. The van der Waals surface area contributed by atoms with Gasteiger partial charge in [0.2, 0.25) is 5.91 Å². The third-order valence-corrected chi connectivity index (χ3v) is 5.01. The van der Waals surface area contributed by atoms with Crippen LogP contribution in [0.3, 0.4) is 0 Å². The Morgan fingerprint density at radius 2 is 2.21 bits per heavy atom. The van der Waals surface area contributed by atoms with E-state index in [1.54, 1.807) is 0 Å². The fraction of sp³-hybridized carbons (Fsp3) is 0.632. The van der Waals surface area contributed by atoms with Gasteiger partial charge in [0.05, 0.1) is 11.1 Å². The molecule has 0 aromatic heterocycles. The summed E-state index contributed by atoms with van der Waals surface area (Å²) in [6.45, 7) is 7.17. The summed E-state index contributed by atoms with van der Waals surface area (Å²) in [5, 5.41) is 3.01. The quantitative estimate of drug-likeness (QED) is 0.644. The summed E-state index contributed by atoms with van der Waals surface area (Å²) in [5.74, 6) is 1.77. The van der Waals surface area contributed by atoms with Crippen molar-refractivity contribution in [3.8, 4) is 5.75 Å². The first-order chi connectivity index (χ1) is 11.6. The van der Waals surface area contributed by atoms with Gasteiger partial charge in [0.1, 0.15) is 5.75 Å². The van der Waals surface area contributed by atoms with Crippen molar-refractivity contribution in [2.45, 2.75) is 39.0 Å². The van der Waals surface area contributed by atoms with E-state index in [0.717, 1.165) is 42.1 Å². The van der Waals surface area contributed by atoms with Crippen molar-refractivity contribution in [2.75, 3.05) is 32.8 Å². The van der Waals surface area contributed by atoms with Gasteiger partial charge in [-0.25, -0.2) is 0 Å². The van der Waals surface area contributed by atoms with Crippen LogP contribution in [0.2, 0.25) is 0 Å². The van der Waals surface area contributed by atoms with Gasteiger partial charge in [-0.1, -0.05) is 19.1 Å². The minimum absolute atomic E-state index is 0.123. The molecule has 4 nitrogen and oxygen atoms in total. The molecule has 5 heteroatoms. The Morgan fingerprint density at radius 1 is 1.38 bits per heavy atom. The molecule has 1 unspecified atom stereocenters. The lowest BCUT2D eigenvalue weighted by Crippen LogP contribution is -2.36. The molecule has 1 amide bonds. The number of piperidine rings is 1. The molecule has 1 aromatic rings. The number of likely N-dealkylation sites (tertiary alicyclic amines) is 1. The van der Waals surface area contributed by atoms with Crippen molar-refractivity contribution >= 4 is 21.8 Å². The van der Waals surface area contributed by atoms with E-state index >= 15 is 0 Å². The summed E-state index contributed by atoms with van der Waals surface area (Å²) in [7, 11) is 0. The van der Waals surface area contributed by atoms with Crippen LogP contribution < -0.4 is 10.1 Å². The van der Waals surface area contributed by atoms with Gasteiger partial charge in [0.25, 0.3) is 0 Å². The predicted molar refractivity (Wildman–Crippen MR) is 101 cm³/mol. The molecule has 1 aliphatic rings. The van der Waals surface area contributed by atoms with Crippen LogP contribution in [0.15, 0.2) is 28.7 Å². The number of nitrogens with zero attached hydrogens (tertiary/aromatic N) is 1. The van der Waals surface area contributed by atoms with E-state index in [2.05, 4.69) is 33.1 Å². The molecule has 1 atom stereocenters. The summed E-state index contributed by atoms with van der Waals surface area (Å²) in [4.78, 5) is 14.4. The van der Waals surface area contributed by atoms with E-state index in [4.69, 9.17) is 4.74 Å². The van der Waals surface area contributed by atoms with Gasteiger partial charge in [-0.2, -0.15) is 0 Å². The SMILES string of the molecule is CC1CCCN(CCCNC(=O)CCCOc2ccccc2Br)C1. The molecular formula is C19H29BrN2O2. The second kappa shape index (κ2) is 10.7. The number of rotatable bonds is 9. The van der Waals surface area contributed by atoms with E-state index in [1.807, 2.05) is 24.3 Å². The third-order valence-electron chi connectivity index (χ3n) is 4.36. The van der Waals surface area contributed by atoms with Crippen LogP contribution in [-0.4, -0.2) is 43.6 Å². The number of carbonyl (C=O) groups excluding carboxylic acids is 1. The summed E-state index contributed by atoms with van der Waals surface area (Å²) >= 11 is 3.45. The summed E-state index contributed by atoms with van der Waals surface area (Å²) in [5.41, 5.74) is 0. The Hall–Kier alpha value is -1.07. The summed E-state index contributed by atoms with van der Waals surface area (Å²) in [6, 6.07) is 7.77. The molecule has 0 spiro atoms. The number of halogens is 1. The van der Waals surface area contributed by atoms with Crippen LogP contribution in [0.4, 0.5) is 0 Å². The van der Waals surface area contributed by atoms with Crippen LogP contribution in [0, 0.1) is 5.92 Å². The maximum atomic E-state index is 11.8. The van der Waals surface area contributed by atoms with Gasteiger partial charge >= 0.3 is 0 Å². The second-order valence-electron chi connectivity index (χ2n) is 6.63. The third kappa shape index (κ3) is 7.22. The first kappa shape index (κ1) is 19.3. The lowest BCUT2D eigenvalue weighted by Gasteiger charge is -2.30. The van der Waals surface area contributed by atoms with Gasteiger partial charge in [0, 0.05) is 19.5 Å². The maximum Gasteiger partial charge on any atom is 0.220 e. The van der Waals surface area contributed by atoms with E-state index in [1.165, 1.54) is 25.9 Å². The number of para-hydroxylation sites is 1. The Balaban J connectivity index is 1.48. The highest BCUT2D eigenvalue weighted by Gasteiger charge is 2.15. The highest BCUT2D eigenvalue weighted by molar-refractivity contribution is 9.10. The highest BCUT2D eigenvalue weighted by Crippen LogP contribution is 2.23. The van der Waals surface area contributed by atoms with Crippen LogP contribution in [0.25, 0.3) is 0 Å². The zero-order valence-corrected chi connectivity index (χ0v) is 16.2. The molecule has 0 saturated carbocycles. The molecule has 0 bridgehead atoms. The lowest BCUT2D eigenvalue weighted by atomic mass is 10.0. The average molecular weight is 397 g/mol. The van der Waals surface area contributed by atoms with Crippen molar-refractivity contribution in [3.63, 3.8) is 0 Å². The molecule has 1 N–H and O–H groups in total. The molecule has 1 heterocycles. The summed E-state index contributed by atoms with van der Waals surface area (Å²) in [6.07, 6.45) is 4.95. The average Bonchev–Trinajstić information content (AvgIpc) is 2.57. The van der Waals surface area contributed by atoms with Crippen molar-refractivity contribution in [2.24, 2.45) is 5.92 Å². The standard InChI is InChI=1S/C19H29BrN2O2/c1-16-7-4-12-22(15-16)13-6-11-21-19(23)10-5-14-24-18-9-3-2-8-17(18)20/h2-3,8-9,16H,4-7,10-15H2,1H3,(H,21,23). The number of carbonyl (C=O) groups is 1. The monoisotopic (exact) mass is 396 g/mol. The molecule has 0 radical (unpaired) electrons. The van der Waals surface area contributed by atoms with E-state index < -0.39 is 0 Å². The number of ether oxygens (including phenoxy) is 1. The Morgan fingerprint density at radius 3 is 3.00 bits per heavy atom. The molecule has 2 rings (SSSR count). The van der Waals surface area contributed by atoms with E-state index in [0.29, 0.717) is 13.0 Å². The molecule has 0 aliphatic carbocycles. The maximum absolute atomic E-state index is 11.8. The molecule has 1 aromatic carbocycles. The number of hydrogen-bond acceptors (Lipinski definition) is 3. The Labute approximate surface area is 154 Å². The zero-order valence-electron chi connectivity index (χ0n) is 14.6. The zero-order chi connectivity index (χ0) is 17.2. The molecule has 134 valence electrons. The van der Waals surface area contributed by atoms with Gasteiger partial charge in [-0.05, 0) is 72.8 Å². The van der Waals surface area contributed by atoms with E-state index in [9.17, 15) is 4.79 Å². The van der Waals surface area contributed by atoms with Gasteiger partial charge in [0.15, 0.2) is 0 Å². The first-order valence-electron chi connectivity index (χ1n) is 9.01. The fourth-order valence-electron chi connectivity index (χ4n) is 3.09. The number of nitrogens with one attached hydrogen (secondary N) is 1. The fourth-order valence-corrected chi connectivity index (χ4v) is 3.48. The first-order valence-corrected chi connectivity index (χ1v) is 9.81. The predicted octanol–water partition coefficient (Wildman–Crippen LogP) is 3.85. The van der Waals surface area contributed by atoms with Crippen molar-refractivity contribution in [3.05, 3.63) is 28.7 Å². The minimum atomic E-state index is 0.123. The lowest BCUT2D eigenvalue weighted by molar-refractivity contribution is -0.121. The number of hydrogen-bond donors (Lipinski definition) is 1. The van der Waals surface area contributed by atoms with Gasteiger partial charge in [-0.3, -0.25) is 4.79 Å². The van der Waals surface area contributed by atoms with Crippen LogP contribution in [0.1, 0.15) is 39.0 Å². The van der Waals surface area contributed by atoms with Gasteiger partial charge < -0.3 is 15.0 Å². The summed E-state index contributed by atoms with van der Waals surface area (Å²) < 4.78 is 6.61. The van der Waals surface area contributed by atoms with Crippen molar-refractivity contribution in [1.82, 2.24) is 10.2 Å². The number of amides is 1. The molecule has 1 fully saturated rings. The molecule has 1 aliphatic heterocycles. The van der Waals surface area contributed by atoms with Crippen LogP contribution in [0.5, 0.6) is 5.75 Å². The molecule has 1 saturated heterocycles. The minimum Gasteiger partial charge on any atom is -0.492 e. The van der Waals surface area contributed by atoms with Crippen LogP contribution in [-0.2, 0) is 4.79 Å². The van der Waals surface area contributed by atoms with Crippen molar-refractivity contribution < 1.29 is 9.53 Å². The normalized spacial score (nSPS) is 18.3. The largest absolute Gasteiger partial charge is 0.492 e. The topological polar surface area (TPSA) is 41.6 Å². The molecular weight excluding hydrogens is 368 g/mol. The highest BCUT2D eigenvalue weighted by atomic mass is 79.9. The Kier molecular flexibility index (Phi) is 8.60. The van der Waals surface area contributed by atoms with E-state index in [-0.39, 0.29) is 5.91 Å². The molecule has 24 heavy (non-hydrogen) atoms. The number of benzene rings is 1. The van der Waals surface area contributed by atoms with Crippen LogP contribution >= 0.6 is 15.9 Å². The second-order valence-corrected chi connectivity index (χ2v) is 7.49. The smallest absolute Gasteiger partial charge is 0.220 e. The van der Waals surface area contributed by atoms with Gasteiger partial charge in [-0.15, -0.1) is 0 Å².